The minimum Gasteiger partial charge on any atom is -0.444 e. The summed E-state index contributed by atoms with van der Waals surface area (Å²) in [6, 6.07) is 5.78. The quantitative estimate of drug-likeness (QED) is 0.466. The largest absolute Gasteiger partial charge is 0.444 e. The van der Waals surface area contributed by atoms with Gasteiger partial charge in [-0.3, -0.25) is 10.1 Å². The Labute approximate surface area is 110 Å². The minimum atomic E-state index is -0.903. The van der Waals surface area contributed by atoms with Crippen molar-refractivity contribution in [3.63, 3.8) is 0 Å². The molecule has 100 valence electrons. The predicted molar refractivity (Wildman–Crippen MR) is 67.9 cm³/mol. The normalized spacial score (nSPS) is 11.3. The monoisotopic (exact) mass is 263 g/mol. The van der Waals surface area contributed by atoms with Crippen LogP contribution < -0.4 is 4.90 Å². The third-order valence-electron chi connectivity index (χ3n) is 2.36. The molecule has 0 fully saturated rings. The number of ether oxygens (including phenoxy) is 1. The lowest BCUT2D eigenvalue weighted by atomic mass is 10.1. The van der Waals surface area contributed by atoms with Gasteiger partial charge in [0.25, 0.3) is 5.69 Å². The van der Waals surface area contributed by atoms with E-state index in [1.54, 1.807) is 25.1 Å². The molecule has 0 saturated carbocycles. The second-order valence-corrected chi connectivity index (χ2v) is 4.03. The molecule has 1 aromatic rings. The SMILES string of the molecule is C[C@H](C#N)OC(=O)c1ccc(N(C)C)c([N+](=O)[O-])c1. The number of hydrogen-bond acceptors (Lipinski definition) is 6. The van der Waals surface area contributed by atoms with E-state index < -0.39 is 17.0 Å². The van der Waals surface area contributed by atoms with E-state index in [9.17, 15) is 14.9 Å². The standard InChI is InChI=1S/C12H13N3O4/c1-8(7-13)19-12(16)9-4-5-10(14(2)3)11(6-9)15(17)18/h4-6,8H,1-3H3/t8-/m1/s1. The summed E-state index contributed by atoms with van der Waals surface area (Å²) in [5, 5.41) is 19.5. The maximum Gasteiger partial charge on any atom is 0.339 e. The van der Waals surface area contributed by atoms with Gasteiger partial charge in [0.15, 0.2) is 6.10 Å². The lowest BCUT2D eigenvalue weighted by molar-refractivity contribution is -0.384. The first-order valence-corrected chi connectivity index (χ1v) is 5.43. The van der Waals surface area contributed by atoms with E-state index in [1.165, 1.54) is 19.1 Å². The fourth-order valence-electron chi connectivity index (χ4n) is 1.43. The van der Waals surface area contributed by atoms with Crippen LogP contribution in [0, 0.1) is 21.4 Å². The van der Waals surface area contributed by atoms with E-state index in [2.05, 4.69) is 0 Å². The van der Waals surface area contributed by atoms with Crippen LogP contribution in [-0.2, 0) is 4.74 Å². The molecule has 19 heavy (non-hydrogen) atoms. The van der Waals surface area contributed by atoms with Gasteiger partial charge in [-0.2, -0.15) is 5.26 Å². The number of nitrogens with zero attached hydrogens (tertiary/aromatic N) is 3. The third kappa shape index (κ3) is 3.42. The van der Waals surface area contributed by atoms with Crippen molar-refractivity contribution in [3.8, 4) is 6.07 Å². The number of nitro groups is 1. The van der Waals surface area contributed by atoms with E-state index in [1.807, 2.05) is 0 Å². The highest BCUT2D eigenvalue weighted by molar-refractivity contribution is 5.91. The number of esters is 1. The predicted octanol–water partition coefficient (Wildman–Crippen LogP) is 1.73. The Kier molecular flexibility index (Phi) is 4.42. The van der Waals surface area contributed by atoms with Crippen LogP contribution in [0.4, 0.5) is 11.4 Å². The number of nitriles is 1. The number of carbonyl (C=O) groups is 1. The number of anilines is 1. The number of nitro benzene ring substituents is 1. The van der Waals surface area contributed by atoms with Crippen LogP contribution in [0.25, 0.3) is 0 Å². The highest BCUT2D eigenvalue weighted by Crippen LogP contribution is 2.28. The molecule has 0 bridgehead atoms. The molecular weight excluding hydrogens is 250 g/mol. The van der Waals surface area contributed by atoms with Gasteiger partial charge in [0.05, 0.1) is 10.5 Å². The van der Waals surface area contributed by atoms with Gasteiger partial charge < -0.3 is 9.64 Å². The summed E-state index contributed by atoms with van der Waals surface area (Å²) in [6.07, 6.45) is -0.903. The van der Waals surface area contributed by atoms with Crippen LogP contribution in [0.3, 0.4) is 0 Å². The van der Waals surface area contributed by atoms with Crippen molar-refractivity contribution < 1.29 is 14.5 Å². The second-order valence-electron chi connectivity index (χ2n) is 4.03. The summed E-state index contributed by atoms with van der Waals surface area (Å²) in [4.78, 5) is 23.6. The maximum absolute atomic E-state index is 11.7. The van der Waals surface area contributed by atoms with Gasteiger partial charge in [0, 0.05) is 20.2 Å². The molecule has 0 aliphatic carbocycles. The fraction of sp³-hybridized carbons (Fsp3) is 0.333. The van der Waals surface area contributed by atoms with E-state index in [-0.39, 0.29) is 11.3 Å². The molecule has 7 nitrogen and oxygen atoms in total. The van der Waals surface area contributed by atoms with Gasteiger partial charge in [0.1, 0.15) is 11.8 Å². The highest BCUT2D eigenvalue weighted by atomic mass is 16.6. The van der Waals surface area contributed by atoms with Gasteiger partial charge in [0.2, 0.25) is 0 Å². The first kappa shape index (κ1) is 14.4. The summed E-state index contributed by atoms with van der Waals surface area (Å²) < 4.78 is 4.78. The van der Waals surface area contributed by atoms with Crippen molar-refractivity contribution in [2.24, 2.45) is 0 Å². The van der Waals surface area contributed by atoms with Gasteiger partial charge in [-0.1, -0.05) is 0 Å². The van der Waals surface area contributed by atoms with Crippen LogP contribution in [0.2, 0.25) is 0 Å². The summed E-state index contributed by atoms with van der Waals surface area (Å²) in [5.74, 6) is -0.762. The van der Waals surface area contributed by atoms with E-state index in [4.69, 9.17) is 10.00 Å². The fourth-order valence-corrected chi connectivity index (χ4v) is 1.43. The van der Waals surface area contributed by atoms with E-state index >= 15 is 0 Å². The molecule has 7 heteroatoms. The topological polar surface area (TPSA) is 96.5 Å². The second kappa shape index (κ2) is 5.82. The number of benzene rings is 1. The van der Waals surface area contributed by atoms with Crippen molar-refractivity contribution in [3.05, 3.63) is 33.9 Å². The Hall–Kier alpha value is -2.62. The molecule has 0 unspecified atom stereocenters. The average molecular weight is 263 g/mol. The Bertz CT molecular complexity index is 548. The molecule has 0 aliphatic rings. The molecule has 1 rings (SSSR count). The first-order chi connectivity index (χ1) is 8.86. The number of rotatable bonds is 4. The average Bonchev–Trinajstić information content (AvgIpc) is 2.37. The van der Waals surface area contributed by atoms with Gasteiger partial charge in [-0.15, -0.1) is 0 Å². The molecule has 0 heterocycles. The molecule has 0 saturated heterocycles. The van der Waals surface area contributed by atoms with Gasteiger partial charge in [-0.05, 0) is 19.1 Å². The Morgan fingerprint density at radius 2 is 2.16 bits per heavy atom. The zero-order valence-corrected chi connectivity index (χ0v) is 10.8. The van der Waals surface area contributed by atoms with Crippen LogP contribution in [-0.4, -0.2) is 31.1 Å². The zero-order chi connectivity index (χ0) is 14.6. The summed E-state index contributed by atoms with van der Waals surface area (Å²) in [6.45, 7) is 1.42. The highest BCUT2D eigenvalue weighted by Gasteiger charge is 2.20. The Balaban J connectivity index is 3.13. The lowest BCUT2D eigenvalue weighted by Gasteiger charge is -2.13. The molecule has 0 N–H and O–H groups in total. The number of hydrogen-bond donors (Lipinski definition) is 0. The van der Waals surface area contributed by atoms with Crippen molar-refractivity contribution in [1.82, 2.24) is 0 Å². The van der Waals surface area contributed by atoms with Crippen molar-refractivity contribution in [2.75, 3.05) is 19.0 Å². The van der Waals surface area contributed by atoms with Gasteiger partial charge in [-0.25, -0.2) is 4.79 Å². The third-order valence-corrected chi connectivity index (χ3v) is 2.36. The minimum absolute atomic E-state index is 0.0411. The molecule has 0 radical (unpaired) electrons. The maximum atomic E-state index is 11.7. The van der Waals surface area contributed by atoms with Crippen LogP contribution in [0.15, 0.2) is 18.2 Å². The first-order valence-electron chi connectivity index (χ1n) is 5.43. The van der Waals surface area contributed by atoms with Crippen LogP contribution in [0.1, 0.15) is 17.3 Å². The Morgan fingerprint density at radius 1 is 1.53 bits per heavy atom. The van der Waals surface area contributed by atoms with Crippen molar-refractivity contribution in [1.29, 1.82) is 5.26 Å². The molecule has 0 aromatic heterocycles. The lowest BCUT2D eigenvalue weighted by Crippen LogP contribution is -2.15. The van der Waals surface area contributed by atoms with Crippen LogP contribution >= 0.6 is 0 Å². The van der Waals surface area contributed by atoms with Crippen molar-refractivity contribution >= 4 is 17.3 Å². The summed E-state index contributed by atoms with van der Waals surface area (Å²) in [5.41, 5.74) is 0.235. The smallest absolute Gasteiger partial charge is 0.339 e. The van der Waals surface area contributed by atoms with E-state index in [0.717, 1.165) is 6.07 Å². The van der Waals surface area contributed by atoms with E-state index in [0.29, 0.717) is 5.69 Å². The molecule has 1 atom stereocenters. The van der Waals surface area contributed by atoms with Crippen molar-refractivity contribution in [2.45, 2.75) is 13.0 Å². The summed E-state index contributed by atoms with van der Waals surface area (Å²) in [7, 11) is 3.33. The Morgan fingerprint density at radius 3 is 2.63 bits per heavy atom. The molecular formula is C12H13N3O4. The number of carbonyl (C=O) groups excluding carboxylic acids is 1. The van der Waals surface area contributed by atoms with Crippen LogP contribution in [0.5, 0.6) is 0 Å². The molecule has 0 amide bonds. The van der Waals surface area contributed by atoms with Gasteiger partial charge >= 0.3 is 5.97 Å². The molecule has 0 aliphatic heterocycles. The zero-order valence-electron chi connectivity index (χ0n) is 10.8. The molecule has 1 aromatic carbocycles. The summed E-state index contributed by atoms with van der Waals surface area (Å²) >= 11 is 0. The molecule has 0 spiro atoms.